The van der Waals surface area contributed by atoms with Crippen molar-refractivity contribution in [1.82, 2.24) is 0 Å². The third-order valence-electron chi connectivity index (χ3n) is 5.18. The number of aryl methyl sites for hydroxylation is 2. The first-order chi connectivity index (χ1) is 13.0. The molecule has 1 saturated carbocycles. The van der Waals surface area contributed by atoms with Crippen molar-refractivity contribution < 1.29 is 14.3 Å². The number of carbonyl (C=O) groups is 2. The van der Waals surface area contributed by atoms with Crippen molar-refractivity contribution in [3.63, 3.8) is 0 Å². The van der Waals surface area contributed by atoms with E-state index in [-0.39, 0.29) is 11.8 Å². The normalized spacial score (nSPS) is 14.3. The van der Waals surface area contributed by atoms with E-state index in [4.69, 9.17) is 4.74 Å². The van der Waals surface area contributed by atoms with E-state index in [1.807, 2.05) is 24.3 Å². The molecule has 0 spiro atoms. The molecule has 0 aromatic heterocycles. The molecule has 0 unspecified atom stereocenters. The average molecular weight is 366 g/mol. The maximum Gasteiger partial charge on any atom is 0.240 e. The van der Waals surface area contributed by atoms with Crippen LogP contribution in [0.1, 0.15) is 37.8 Å². The summed E-state index contributed by atoms with van der Waals surface area (Å²) in [7, 11) is 1.58. The van der Waals surface area contributed by atoms with Crippen LogP contribution in [0.25, 0.3) is 0 Å². The van der Waals surface area contributed by atoms with Gasteiger partial charge >= 0.3 is 0 Å². The first kappa shape index (κ1) is 19.0. The highest BCUT2D eigenvalue weighted by molar-refractivity contribution is 6.17. The van der Waals surface area contributed by atoms with Gasteiger partial charge in [0.25, 0.3) is 0 Å². The third kappa shape index (κ3) is 3.82. The number of ether oxygens (including phenoxy) is 1. The molecule has 2 amide bonds. The summed E-state index contributed by atoms with van der Waals surface area (Å²) in [6.07, 6.45) is 2.77. The fourth-order valence-corrected chi connectivity index (χ4v) is 3.27. The lowest BCUT2D eigenvalue weighted by atomic mass is 10.0. The number of benzene rings is 2. The molecule has 0 saturated heterocycles. The van der Waals surface area contributed by atoms with Crippen LogP contribution in [0.5, 0.6) is 5.75 Å². The van der Waals surface area contributed by atoms with Gasteiger partial charge in [0, 0.05) is 17.4 Å². The molecule has 2 N–H and O–H groups in total. The molecule has 3 rings (SSSR count). The standard InChI is InChI=1S/C22H26N2O3/c1-4-15-8-6-9-16(5-2)19(15)24-21(26)22(12-13-22)20(25)23-17-10-7-11-18(14-17)27-3/h6-11,14H,4-5,12-13H2,1-3H3,(H,23,25)(H,24,26). The smallest absolute Gasteiger partial charge is 0.240 e. The highest BCUT2D eigenvalue weighted by atomic mass is 16.5. The Kier molecular flexibility index (Phi) is 5.49. The molecule has 27 heavy (non-hydrogen) atoms. The van der Waals surface area contributed by atoms with Crippen molar-refractivity contribution in [3.05, 3.63) is 53.6 Å². The van der Waals surface area contributed by atoms with Crippen LogP contribution in [0.3, 0.4) is 0 Å². The molecule has 0 heterocycles. The maximum atomic E-state index is 13.0. The van der Waals surface area contributed by atoms with Crippen LogP contribution in [-0.2, 0) is 22.4 Å². The van der Waals surface area contributed by atoms with Crippen molar-refractivity contribution in [3.8, 4) is 5.75 Å². The first-order valence-electron chi connectivity index (χ1n) is 9.41. The third-order valence-corrected chi connectivity index (χ3v) is 5.18. The predicted molar refractivity (Wildman–Crippen MR) is 107 cm³/mol. The van der Waals surface area contributed by atoms with Gasteiger partial charge in [0.05, 0.1) is 7.11 Å². The van der Waals surface area contributed by atoms with E-state index >= 15 is 0 Å². The number of amides is 2. The Morgan fingerprint density at radius 3 is 2.11 bits per heavy atom. The molecule has 1 fully saturated rings. The summed E-state index contributed by atoms with van der Waals surface area (Å²) < 4.78 is 5.18. The Balaban J connectivity index is 1.77. The molecule has 0 radical (unpaired) electrons. The molecular formula is C22H26N2O3. The molecule has 5 nitrogen and oxygen atoms in total. The van der Waals surface area contributed by atoms with Gasteiger partial charge < -0.3 is 15.4 Å². The van der Waals surface area contributed by atoms with Gasteiger partial charge in [-0.3, -0.25) is 9.59 Å². The lowest BCUT2D eigenvalue weighted by molar-refractivity contribution is -0.131. The number of methoxy groups -OCH3 is 1. The number of nitrogens with one attached hydrogen (secondary N) is 2. The lowest BCUT2D eigenvalue weighted by Gasteiger charge is -2.19. The van der Waals surface area contributed by atoms with Crippen LogP contribution in [0.15, 0.2) is 42.5 Å². The van der Waals surface area contributed by atoms with Crippen molar-refractivity contribution in [1.29, 1.82) is 0 Å². The molecule has 1 aliphatic rings. The summed E-state index contributed by atoms with van der Waals surface area (Å²) in [5.41, 5.74) is 2.67. The van der Waals surface area contributed by atoms with E-state index in [9.17, 15) is 9.59 Å². The summed E-state index contributed by atoms with van der Waals surface area (Å²) in [4.78, 5) is 25.8. The predicted octanol–water partition coefficient (Wildman–Crippen LogP) is 4.18. The topological polar surface area (TPSA) is 67.4 Å². The molecule has 1 aliphatic carbocycles. The van der Waals surface area contributed by atoms with Gasteiger partial charge in [0.2, 0.25) is 11.8 Å². The molecule has 2 aromatic carbocycles. The Bertz CT molecular complexity index is 834. The zero-order chi connectivity index (χ0) is 19.4. The van der Waals surface area contributed by atoms with Crippen LogP contribution in [-0.4, -0.2) is 18.9 Å². The summed E-state index contributed by atoms with van der Waals surface area (Å²) in [5.74, 6) is 0.172. The molecule has 5 heteroatoms. The number of hydrogen-bond acceptors (Lipinski definition) is 3. The molecule has 0 bridgehead atoms. The second-order valence-corrected chi connectivity index (χ2v) is 6.88. The molecule has 142 valence electrons. The van der Waals surface area contributed by atoms with E-state index in [2.05, 4.69) is 24.5 Å². The van der Waals surface area contributed by atoms with E-state index in [1.54, 1.807) is 25.3 Å². The number of carbonyl (C=O) groups excluding carboxylic acids is 2. The first-order valence-corrected chi connectivity index (χ1v) is 9.41. The Hall–Kier alpha value is -2.82. The van der Waals surface area contributed by atoms with Crippen molar-refractivity contribution in [2.75, 3.05) is 17.7 Å². The quantitative estimate of drug-likeness (QED) is 0.723. The zero-order valence-corrected chi connectivity index (χ0v) is 16.1. The van der Waals surface area contributed by atoms with Crippen LogP contribution in [0, 0.1) is 5.41 Å². The highest BCUT2D eigenvalue weighted by Gasteiger charge is 2.56. The summed E-state index contributed by atoms with van der Waals surface area (Å²) >= 11 is 0. The van der Waals surface area contributed by atoms with Crippen molar-refractivity contribution in [2.24, 2.45) is 5.41 Å². The van der Waals surface area contributed by atoms with Crippen LogP contribution >= 0.6 is 0 Å². The highest BCUT2D eigenvalue weighted by Crippen LogP contribution is 2.48. The van der Waals surface area contributed by atoms with E-state index in [1.165, 1.54) is 0 Å². The van der Waals surface area contributed by atoms with Crippen LogP contribution in [0.2, 0.25) is 0 Å². The van der Waals surface area contributed by atoms with Crippen molar-refractivity contribution in [2.45, 2.75) is 39.5 Å². The van der Waals surface area contributed by atoms with Crippen LogP contribution < -0.4 is 15.4 Å². The van der Waals surface area contributed by atoms with E-state index in [0.29, 0.717) is 24.3 Å². The van der Waals surface area contributed by atoms with Gasteiger partial charge in [-0.1, -0.05) is 38.1 Å². The van der Waals surface area contributed by atoms with Gasteiger partial charge in [0.15, 0.2) is 0 Å². The zero-order valence-electron chi connectivity index (χ0n) is 16.1. The number of anilines is 2. The Morgan fingerprint density at radius 2 is 1.56 bits per heavy atom. The second kappa shape index (κ2) is 7.82. The second-order valence-electron chi connectivity index (χ2n) is 6.88. The van der Waals surface area contributed by atoms with Gasteiger partial charge in [0.1, 0.15) is 11.2 Å². The molecule has 0 aliphatic heterocycles. The monoisotopic (exact) mass is 366 g/mol. The number of rotatable bonds is 7. The minimum absolute atomic E-state index is 0.224. The Labute approximate surface area is 160 Å². The SMILES string of the molecule is CCc1cccc(CC)c1NC(=O)C1(C(=O)Nc2cccc(OC)c2)CC1. The van der Waals surface area contributed by atoms with Crippen molar-refractivity contribution >= 4 is 23.2 Å². The maximum absolute atomic E-state index is 13.0. The summed E-state index contributed by atoms with van der Waals surface area (Å²) in [6, 6.07) is 13.2. The molecule has 2 aromatic rings. The Morgan fingerprint density at radius 1 is 0.963 bits per heavy atom. The summed E-state index contributed by atoms with van der Waals surface area (Å²) in [5, 5.41) is 5.91. The fourth-order valence-electron chi connectivity index (χ4n) is 3.27. The fraction of sp³-hybridized carbons (Fsp3) is 0.364. The lowest BCUT2D eigenvalue weighted by Crippen LogP contribution is -2.36. The minimum Gasteiger partial charge on any atom is -0.497 e. The molecule has 0 atom stereocenters. The largest absolute Gasteiger partial charge is 0.497 e. The van der Waals surface area contributed by atoms with Gasteiger partial charge in [-0.05, 0) is 48.9 Å². The van der Waals surface area contributed by atoms with Crippen LogP contribution in [0.4, 0.5) is 11.4 Å². The molecular weight excluding hydrogens is 340 g/mol. The number of para-hydroxylation sites is 1. The van der Waals surface area contributed by atoms with E-state index in [0.717, 1.165) is 29.7 Å². The van der Waals surface area contributed by atoms with Gasteiger partial charge in [-0.15, -0.1) is 0 Å². The summed E-state index contributed by atoms with van der Waals surface area (Å²) in [6.45, 7) is 4.12. The minimum atomic E-state index is -0.991. The van der Waals surface area contributed by atoms with E-state index < -0.39 is 5.41 Å². The average Bonchev–Trinajstić information content (AvgIpc) is 3.50. The number of hydrogen-bond donors (Lipinski definition) is 2. The van der Waals surface area contributed by atoms with Gasteiger partial charge in [-0.2, -0.15) is 0 Å². The van der Waals surface area contributed by atoms with Gasteiger partial charge in [-0.25, -0.2) is 0 Å².